The molecule has 3 aromatic rings. The summed E-state index contributed by atoms with van der Waals surface area (Å²) in [6.45, 7) is 6.60. The molecule has 1 aromatic carbocycles. The largest absolute Gasteiger partial charge is 0.341 e. The van der Waals surface area contributed by atoms with Gasteiger partial charge in [-0.15, -0.1) is 0 Å². The molecule has 0 spiro atoms. The first kappa shape index (κ1) is 19.6. The zero-order chi connectivity index (χ0) is 20.3. The minimum atomic E-state index is 0.0941. The lowest BCUT2D eigenvalue weighted by Gasteiger charge is -2.18. The smallest absolute Gasteiger partial charge is 0.222 e. The summed E-state index contributed by atoms with van der Waals surface area (Å²) in [5.74, 6) is 0.0941. The zero-order valence-corrected chi connectivity index (χ0v) is 16.9. The fourth-order valence-electron chi connectivity index (χ4n) is 3.42. The first-order valence-electron chi connectivity index (χ1n) is 9.50. The lowest BCUT2D eigenvalue weighted by atomic mass is 10.1. The van der Waals surface area contributed by atoms with E-state index in [1.54, 1.807) is 9.42 Å². The summed E-state index contributed by atoms with van der Waals surface area (Å²) in [5, 5.41) is 13.4. The molecule has 0 bridgehead atoms. The van der Waals surface area contributed by atoms with E-state index in [1.807, 2.05) is 20.9 Å². The fraction of sp³-hybridized carbons (Fsp3) is 0.364. The average molecular weight is 375 g/mol. The van der Waals surface area contributed by atoms with Crippen LogP contribution in [0.4, 0.5) is 0 Å². The SMILES string of the molecule is CCc1ccc(CN(C)C(=O)CCc2c(C)nc3c(C#N)cnn3c2C)cc1. The summed E-state index contributed by atoms with van der Waals surface area (Å²) >= 11 is 0. The molecular formula is C22H25N5O. The van der Waals surface area contributed by atoms with Crippen LogP contribution in [-0.4, -0.2) is 32.5 Å². The predicted octanol–water partition coefficient (Wildman–Crippen LogP) is 3.37. The number of fused-ring (bicyclic) bond motifs is 1. The maximum atomic E-state index is 12.6. The van der Waals surface area contributed by atoms with Crippen molar-refractivity contribution in [3.05, 3.63) is 64.1 Å². The number of nitrogens with zero attached hydrogens (tertiary/aromatic N) is 5. The lowest BCUT2D eigenvalue weighted by Crippen LogP contribution is -2.26. The van der Waals surface area contributed by atoms with Crippen LogP contribution in [0, 0.1) is 25.2 Å². The van der Waals surface area contributed by atoms with Gasteiger partial charge in [-0.1, -0.05) is 31.2 Å². The van der Waals surface area contributed by atoms with Crippen molar-refractivity contribution in [2.24, 2.45) is 0 Å². The summed E-state index contributed by atoms with van der Waals surface area (Å²) in [7, 11) is 1.84. The minimum absolute atomic E-state index is 0.0941. The Morgan fingerprint density at radius 3 is 2.54 bits per heavy atom. The van der Waals surface area contributed by atoms with Gasteiger partial charge in [0.15, 0.2) is 5.65 Å². The Kier molecular flexibility index (Phi) is 5.74. The molecular weight excluding hydrogens is 350 g/mol. The highest BCUT2D eigenvalue weighted by Crippen LogP contribution is 2.19. The number of aryl methyl sites for hydroxylation is 3. The molecule has 6 heteroatoms. The second-order valence-electron chi connectivity index (χ2n) is 7.09. The first-order chi connectivity index (χ1) is 13.4. The summed E-state index contributed by atoms with van der Waals surface area (Å²) in [5.41, 5.74) is 6.23. The average Bonchev–Trinajstić information content (AvgIpc) is 3.11. The van der Waals surface area contributed by atoms with Gasteiger partial charge in [0.25, 0.3) is 0 Å². The van der Waals surface area contributed by atoms with Crippen molar-refractivity contribution in [1.29, 1.82) is 5.26 Å². The summed E-state index contributed by atoms with van der Waals surface area (Å²) < 4.78 is 1.68. The highest BCUT2D eigenvalue weighted by Gasteiger charge is 2.16. The van der Waals surface area contributed by atoms with Crippen molar-refractivity contribution in [2.45, 2.75) is 46.6 Å². The molecule has 0 saturated heterocycles. The first-order valence-corrected chi connectivity index (χ1v) is 9.50. The number of hydrogen-bond acceptors (Lipinski definition) is 4. The van der Waals surface area contributed by atoms with Crippen LogP contribution in [0.15, 0.2) is 30.5 Å². The van der Waals surface area contributed by atoms with E-state index < -0.39 is 0 Å². The normalized spacial score (nSPS) is 10.8. The van der Waals surface area contributed by atoms with E-state index in [-0.39, 0.29) is 5.91 Å². The van der Waals surface area contributed by atoms with E-state index in [9.17, 15) is 4.79 Å². The Labute approximate surface area is 165 Å². The molecule has 1 amide bonds. The zero-order valence-electron chi connectivity index (χ0n) is 16.9. The second kappa shape index (κ2) is 8.22. The molecule has 0 aliphatic carbocycles. The topological polar surface area (TPSA) is 74.3 Å². The van der Waals surface area contributed by atoms with Crippen LogP contribution >= 0.6 is 0 Å². The third-order valence-corrected chi connectivity index (χ3v) is 5.19. The van der Waals surface area contributed by atoms with E-state index in [0.717, 1.165) is 28.9 Å². The van der Waals surface area contributed by atoms with Crippen LogP contribution in [0.1, 0.15) is 47.0 Å². The van der Waals surface area contributed by atoms with Crippen molar-refractivity contribution in [1.82, 2.24) is 19.5 Å². The Morgan fingerprint density at radius 1 is 1.21 bits per heavy atom. The number of rotatable bonds is 6. The molecule has 0 atom stereocenters. The van der Waals surface area contributed by atoms with Gasteiger partial charge in [0, 0.05) is 31.4 Å². The highest BCUT2D eigenvalue weighted by molar-refractivity contribution is 5.76. The predicted molar refractivity (Wildman–Crippen MR) is 108 cm³/mol. The molecule has 0 aliphatic rings. The van der Waals surface area contributed by atoms with Crippen molar-refractivity contribution < 1.29 is 4.79 Å². The standard InChI is InChI=1S/C22H25N5O/c1-5-17-6-8-18(9-7-17)14-26(4)21(28)11-10-20-15(2)25-22-19(12-23)13-24-27(22)16(20)3/h6-9,13H,5,10-11,14H2,1-4H3. The summed E-state index contributed by atoms with van der Waals surface area (Å²) in [4.78, 5) is 18.9. The van der Waals surface area contributed by atoms with E-state index in [4.69, 9.17) is 5.26 Å². The highest BCUT2D eigenvalue weighted by atomic mass is 16.2. The van der Waals surface area contributed by atoms with Gasteiger partial charge in [0.05, 0.1) is 6.20 Å². The molecule has 144 valence electrons. The number of benzene rings is 1. The number of carbonyl (C=O) groups is 1. The van der Waals surface area contributed by atoms with E-state index in [2.05, 4.69) is 47.3 Å². The number of hydrogen-bond donors (Lipinski definition) is 0. The summed E-state index contributed by atoms with van der Waals surface area (Å²) in [6.07, 6.45) is 3.55. The van der Waals surface area contributed by atoms with Crippen molar-refractivity contribution in [2.75, 3.05) is 7.05 Å². The van der Waals surface area contributed by atoms with Gasteiger partial charge in [0.2, 0.25) is 5.91 Å². The van der Waals surface area contributed by atoms with Gasteiger partial charge >= 0.3 is 0 Å². The monoisotopic (exact) mass is 375 g/mol. The lowest BCUT2D eigenvalue weighted by molar-refractivity contribution is -0.130. The molecule has 0 unspecified atom stereocenters. The molecule has 0 aliphatic heterocycles. The summed E-state index contributed by atoms with van der Waals surface area (Å²) in [6, 6.07) is 10.5. The van der Waals surface area contributed by atoms with Gasteiger partial charge in [-0.05, 0) is 43.4 Å². The minimum Gasteiger partial charge on any atom is -0.341 e. The quantitative estimate of drug-likeness (QED) is 0.662. The van der Waals surface area contributed by atoms with Crippen LogP contribution < -0.4 is 0 Å². The Morgan fingerprint density at radius 2 is 1.89 bits per heavy atom. The molecule has 2 aromatic heterocycles. The Bertz CT molecular complexity index is 1040. The Balaban J connectivity index is 1.69. The van der Waals surface area contributed by atoms with Gasteiger partial charge < -0.3 is 4.90 Å². The van der Waals surface area contributed by atoms with Crippen molar-refractivity contribution in [3.8, 4) is 6.07 Å². The second-order valence-corrected chi connectivity index (χ2v) is 7.09. The molecule has 28 heavy (non-hydrogen) atoms. The fourth-order valence-corrected chi connectivity index (χ4v) is 3.42. The van der Waals surface area contributed by atoms with Crippen molar-refractivity contribution in [3.63, 3.8) is 0 Å². The number of carbonyl (C=O) groups excluding carboxylic acids is 1. The third-order valence-electron chi connectivity index (χ3n) is 5.19. The van der Waals surface area contributed by atoms with Crippen LogP contribution in [0.5, 0.6) is 0 Å². The molecule has 0 saturated carbocycles. The molecule has 0 N–H and O–H groups in total. The van der Waals surface area contributed by atoms with Crippen LogP contribution in [-0.2, 0) is 24.2 Å². The van der Waals surface area contributed by atoms with Gasteiger partial charge in [0.1, 0.15) is 11.6 Å². The third kappa shape index (κ3) is 3.89. The Hall–Kier alpha value is -3.20. The van der Waals surface area contributed by atoms with E-state index in [0.29, 0.717) is 30.6 Å². The van der Waals surface area contributed by atoms with Crippen molar-refractivity contribution >= 4 is 11.6 Å². The van der Waals surface area contributed by atoms with Crippen LogP contribution in [0.25, 0.3) is 5.65 Å². The van der Waals surface area contributed by atoms with E-state index in [1.165, 1.54) is 11.8 Å². The molecule has 0 radical (unpaired) electrons. The number of nitriles is 1. The maximum absolute atomic E-state index is 12.6. The van der Waals surface area contributed by atoms with Gasteiger partial charge in [-0.3, -0.25) is 4.79 Å². The number of amides is 1. The van der Waals surface area contributed by atoms with Crippen LogP contribution in [0.3, 0.4) is 0 Å². The van der Waals surface area contributed by atoms with Gasteiger partial charge in [-0.25, -0.2) is 9.50 Å². The number of aromatic nitrogens is 3. The molecule has 2 heterocycles. The molecule has 0 fully saturated rings. The van der Waals surface area contributed by atoms with Gasteiger partial charge in [-0.2, -0.15) is 10.4 Å². The van der Waals surface area contributed by atoms with E-state index >= 15 is 0 Å². The maximum Gasteiger partial charge on any atom is 0.222 e. The molecule has 3 rings (SSSR count). The molecule has 6 nitrogen and oxygen atoms in total. The van der Waals surface area contributed by atoms with Crippen LogP contribution in [0.2, 0.25) is 0 Å².